The number of benzene rings is 1. The highest BCUT2D eigenvalue weighted by molar-refractivity contribution is 5.93. The fraction of sp³-hybridized carbons (Fsp3) is 0.524. The molecule has 1 fully saturated rings. The number of hydrogen-bond donors (Lipinski definition) is 5. The predicted octanol–water partition coefficient (Wildman–Crippen LogP) is 3.40. The van der Waals surface area contributed by atoms with Gasteiger partial charge in [0.15, 0.2) is 0 Å². The largest absolute Gasteiger partial charge is 0.456 e. The predicted molar refractivity (Wildman–Crippen MR) is 210 cm³/mol. The number of ether oxygens (including phenoxy) is 1. The second kappa shape index (κ2) is 22.5. The van der Waals surface area contributed by atoms with Crippen molar-refractivity contribution in [2.75, 3.05) is 13.6 Å². The van der Waals surface area contributed by atoms with Crippen molar-refractivity contribution in [3.05, 3.63) is 84.0 Å². The van der Waals surface area contributed by atoms with E-state index in [1.165, 1.54) is 25.1 Å². The zero-order valence-corrected chi connectivity index (χ0v) is 33.0. The van der Waals surface area contributed by atoms with Gasteiger partial charge in [-0.1, -0.05) is 87.6 Å². The van der Waals surface area contributed by atoms with Crippen LogP contribution < -0.4 is 21.4 Å². The molecule has 2 aliphatic heterocycles. The molecule has 300 valence electrons. The number of fused-ring (bicyclic) bond motifs is 2. The molecule has 3 rings (SSSR count). The number of likely N-dealkylation sites (N-methyl/N-ethyl adjacent to an activating group) is 1. The van der Waals surface area contributed by atoms with Gasteiger partial charge in [0.1, 0.15) is 30.0 Å². The first-order chi connectivity index (χ1) is 26.2. The highest BCUT2D eigenvalue weighted by Crippen LogP contribution is 2.23. The number of amides is 4. The topological polar surface area (TPSA) is 183 Å². The van der Waals surface area contributed by atoms with Gasteiger partial charge < -0.3 is 30.6 Å². The molecule has 2 heterocycles. The second-order valence-corrected chi connectivity index (χ2v) is 14.7. The maximum atomic E-state index is 14.2. The molecule has 0 spiro atoms. The van der Waals surface area contributed by atoms with Gasteiger partial charge in [0.2, 0.25) is 17.7 Å². The van der Waals surface area contributed by atoms with Crippen LogP contribution in [-0.2, 0) is 39.9 Å². The van der Waals surface area contributed by atoms with E-state index >= 15 is 0 Å². The van der Waals surface area contributed by atoms with Gasteiger partial charge in [-0.05, 0) is 62.5 Å². The molecule has 7 atom stereocenters. The number of carbonyl (C=O) groups excluding carboxylic acids is 6. The van der Waals surface area contributed by atoms with Crippen LogP contribution in [0.15, 0.2) is 78.4 Å². The standard InChI is InChI=1S/C42H59N5O8/c1-27(2)37-40(52)44-34(26-31-18-11-9-12-19-31)41(53)47-25-15-20-33(46-47)42(54)55-35(28(3)17-14-22-36(49)43-6)21-13-8-7-10-16-29(4)38(50)32(39(51)45-37)24-23-30(5)48/h7-14,17-19,22,27,29,32-35,37-38,46,50H,15-16,20-21,23-26H2,1-6H3,(H,43,49)(H,44,52)(H,45,51)/b10-7+,13-8+,22-14+,28-17+/t29?,32?,33?,34?,35-,37?,38+/m0/s1. The summed E-state index contributed by atoms with van der Waals surface area (Å²) in [5.41, 5.74) is 4.53. The number of cyclic esters (lactones) is 1. The Bertz CT molecular complexity index is 1600. The number of Topliss-reactive ketones (excluding diaryl/α,β-unsaturated/α-hetero) is 1. The lowest BCUT2D eigenvalue weighted by Crippen LogP contribution is -2.62. The molecule has 2 aliphatic rings. The van der Waals surface area contributed by atoms with E-state index in [0.29, 0.717) is 31.3 Å². The highest BCUT2D eigenvalue weighted by Gasteiger charge is 2.37. The smallest absolute Gasteiger partial charge is 0.325 e. The van der Waals surface area contributed by atoms with Crippen LogP contribution in [0.5, 0.6) is 0 Å². The summed E-state index contributed by atoms with van der Waals surface area (Å²) in [4.78, 5) is 79.5. The Morgan fingerprint density at radius 1 is 1.02 bits per heavy atom. The number of nitrogens with one attached hydrogen (secondary N) is 4. The Morgan fingerprint density at radius 3 is 2.36 bits per heavy atom. The number of rotatable bonds is 9. The first-order valence-corrected chi connectivity index (χ1v) is 19.2. The summed E-state index contributed by atoms with van der Waals surface area (Å²) in [6.45, 7) is 8.87. The number of nitrogens with zero attached hydrogens (tertiary/aromatic N) is 1. The molecule has 0 radical (unpaired) electrons. The van der Waals surface area contributed by atoms with Gasteiger partial charge in [-0.3, -0.25) is 29.0 Å². The van der Waals surface area contributed by atoms with Crippen molar-refractivity contribution in [3.63, 3.8) is 0 Å². The normalized spacial score (nSPS) is 28.0. The second-order valence-electron chi connectivity index (χ2n) is 14.7. The maximum Gasteiger partial charge on any atom is 0.325 e. The van der Waals surface area contributed by atoms with E-state index in [-0.39, 0.29) is 43.4 Å². The van der Waals surface area contributed by atoms with Crippen molar-refractivity contribution in [2.24, 2.45) is 17.8 Å². The van der Waals surface area contributed by atoms with Gasteiger partial charge in [0.25, 0.3) is 5.91 Å². The third-order valence-corrected chi connectivity index (χ3v) is 9.88. The summed E-state index contributed by atoms with van der Waals surface area (Å²) in [5.74, 6) is -4.28. The van der Waals surface area contributed by atoms with Crippen molar-refractivity contribution in [3.8, 4) is 0 Å². The minimum absolute atomic E-state index is 0.0810. The average Bonchev–Trinajstić information content (AvgIpc) is 3.16. The molecule has 1 aromatic rings. The summed E-state index contributed by atoms with van der Waals surface area (Å²) in [6, 6.07) is 6.25. The fourth-order valence-electron chi connectivity index (χ4n) is 6.44. The molecule has 4 amide bonds. The minimum Gasteiger partial charge on any atom is -0.456 e. The van der Waals surface area contributed by atoms with Gasteiger partial charge >= 0.3 is 5.97 Å². The fourth-order valence-corrected chi connectivity index (χ4v) is 6.44. The lowest BCUT2D eigenvalue weighted by Gasteiger charge is -2.36. The van der Waals surface area contributed by atoms with E-state index in [9.17, 15) is 33.9 Å². The van der Waals surface area contributed by atoms with Gasteiger partial charge in [0.05, 0.1) is 12.0 Å². The van der Waals surface area contributed by atoms with Gasteiger partial charge in [-0.2, -0.15) is 0 Å². The lowest BCUT2D eigenvalue weighted by molar-refractivity contribution is -0.156. The van der Waals surface area contributed by atoms with Gasteiger partial charge in [-0.25, -0.2) is 5.43 Å². The molecule has 55 heavy (non-hydrogen) atoms. The van der Waals surface area contributed by atoms with E-state index in [2.05, 4.69) is 21.4 Å². The number of hydrogen-bond acceptors (Lipinski definition) is 9. The molecular weight excluding hydrogens is 702 g/mol. The Labute approximate surface area is 325 Å². The molecule has 1 saturated heterocycles. The number of aliphatic hydroxyl groups excluding tert-OH is 1. The zero-order valence-electron chi connectivity index (χ0n) is 33.0. The van der Waals surface area contributed by atoms with E-state index in [0.717, 1.165) is 5.56 Å². The van der Waals surface area contributed by atoms with Gasteiger partial charge in [-0.15, -0.1) is 0 Å². The molecule has 5 unspecified atom stereocenters. The van der Waals surface area contributed by atoms with Crippen molar-refractivity contribution in [1.82, 2.24) is 26.4 Å². The molecule has 1 aromatic carbocycles. The minimum atomic E-state index is -1.12. The summed E-state index contributed by atoms with van der Waals surface area (Å²) in [6.07, 6.45) is 12.1. The number of hydrazine groups is 1. The molecule has 0 aromatic heterocycles. The van der Waals surface area contributed by atoms with E-state index in [1.54, 1.807) is 45.1 Å². The number of aliphatic hydroxyl groups is 1. The van der Waals surface area contributed by atoms with Crippen molar-refractivity contribution in [1.29, 1.82) is 0 Å². The van der Waals surface area contributed by atoms with Crippen LogP contribution in [-0.4, -0.2) is 89.4 Å². The van der Waals surface area contributed by atoms with Crippen molar-refractivity contribution < 1.29 is 38.6 Å². The molecule has 2 bridgehead atoms. The molecule has 0 aliphatic carbocycles. The average molecular weight is 762 g/mol. The van der Waals surface area contributed by atoms with Crippen LogP contribution in [0.3, 0.4) is 0 Å². The summed E-state index contributed by atoms with van der Waals surface area (Å²) in [5, 5.41) is 21.0. The number of carbonyl (C=O) groups is 6. The number of esters is 1. The molecular formula is C42H59N5O8. The van der Waals surface area contributed by atoms with Crippen molar-refractivity contribution in [2.45, 2.75) is 110 Å². The monoisotopic (exact) mass is 761 g/mol. The van der Waals surface area contributed by atoms with E-state index < -0.39 is 65.9 Å². The molecule has 13 heteroatoms. The SMILES string of the molecule is CNC(=O)/C=C/C=C(\C)[C@@H]1C/C=C/C=C/CC(C)[C@@H](O)C(CCC(C)=O)C(=O)NC(C(C)C)C(=O)NC(Cc2ccccc2)C(=O)N2CCCC(N2)C(=O)O1. The molecule has 13 nitrogen and oxygen atoms in total. The highest BCUT2D eigenvalue weighted by atomic mass is 16.5. The quantitative estimate of drug-likeness (QED) is 0.143. The van der Waals surface area contributed by atoms with Crippen molar-refractivity contribution >= 4 is 35.4 Å². The van der Waals surface area contributed by atoms with Gasteiger partial charge in [0, 0.05) is 38.9 Å². The zero-order chi connectivity index (χ0) is 40.5. The third-order valence-electron chi connectivity index (χ3n) is 9.88. The van der Waals surface area contributed by atoms with E-state index in [4.69, 9.17) is 4.74 Å². The van der Waals surface area contributed by atoms with Crippen LogP contribution in [0.1, 0.15) is 78.7 Å². The Kier molecular flexibility index (Phi) is 18.2. The summed E-state index contributed by atoms with van der Waals surface area (Å²) in [7, 11) is 1.53. The Morgan fingerprint density at radius 2 is 1.71 bits per heavy atom. The summed E-state index contributed by atoms with van der Waals surface area (Å²) >= 11 is 0. The Balaban J connectivity index is 2.03. The first-order valence-electron chi connectivity index (χ1n) is 19.2. The first kappa shape index (κ1) is 44.5. The molecule has 0 saturated carbocycles. The van der Waals surface area contributed by atoms with Crippen LogP contribution >= 0.6 is 0 Å². The van der Waals surface area contributed by atoms with Crippen LogP contribution in [0.4, 0.5) is 0 Å². The van der Waals surface area contributed by atoms with E-state index in [1.807, 2.05) is 49.4 Å². The van der Waals surface area contributed by atoms with Crippen LogP contribution in [0.25, 0.3) is 0 Å². The van der Waals surface area contributed by atoms with Crippen LogP contribution in [0, 0.1) is 17.8 Å². The number of ketones is 1. The summed E-state index contributed by atoms with van der Waals surface area (Å²) < 4.78 is 6.02. The third kappa shape index (κ3) is 14.4. The molecule has 5 N–H and O–H groups in total. The lowest BCUT2D eigenvalue weighted by atomic mass is 9.85. The Hall–Kier alpha value is -4.88. The maximum absolute atomic E-state index is 14.2. The van der Waals surface area contributed by atoms with Crippen LogP contribution in [0.2, 0.25) is 0 Å². The number of allylic oxidation sites excluding steroid dienone is 5.